The highest BCUT2D eigenvalue weighted by Gasteiger charge is 2.28. The van der Waals surface area contributed by atoms with Gasteiger partial charge in [0, 0.05) is 16.9 Å². The van der Waals surface area contributed by atoms with Gasteiger partial charge in [0.15, 0.2) is 0 Å². The third-order valence-corrected chi connectivity index (χ3v) is 4.43. The summed E-state index contributed by atoms with van der Waals surface area (Å²) in [6.45, 7) is 6.14. The molecule has 0 aliphatic carbocycles. The van der Waals surface area contributed by atoms with Gasteiger partial charge in [-0.1, -0.05) is 41.9 Å². The molecular weight excluding hydrogens is 318 g/mol. The molecule has 1 amide bonds. The lowest BCUT2D eigenvalue weighted by atomic mass is 10.0. The van der Waals surface area contributed by atoms with Gasteiger partial charge in [-0.3, -0.25) is 4.79 Å². The molecule has 1 aromatic rings. The number of hydrogen-bond donors (Lipinski definition) is 0. The maximum atomic E-state index is 12.5. The van der Waals surface area contributed by atoms with E-state index in [0.29, 0.717) is 19.7 Å². The first-order valence-electron chi connectivity index (χ1n) is 7.31. The van der Waals surface area contributed by atoms with E-state index in [0.717, 1.165) is 22.9 Å². The minimum absolute atomic E-state index is 0.0143. The smallest absolute Gasteiger partial charge is 0.225 e. The monoisotopic (exact) mass is 339 g/mol. The van der Waals surface area contributed by atoms with Gasteiger partial charge in [0.25, 0.3) is 0 Å². The predicted molar refractivity (Wildman–Crippen MR) is 83.5 cm³/mol. The highest BCUT2D eigenvalue weighted by molar-refractivity contribution is 9.10. The quantitative estimate of drug-likeness (QED) is 0.835. The Bertz CT molecular complexity index is 460. The van der Waals surface area contributed by atoms with E-state index in [-0.39, 0.29) is 17.9 Å². The van der Waals surface area contributed by atoms with Gasteiger partial charge in [0.1, 0.15) is 6.10 Å². The minimum Gasteiger partial charge on any atom is -0.370 e. The highest BCUT2D eigenvalue weighted by atomic mass is 79.9. The summed E-state index contributed by atoms with van der Waals surface area (Å²) in [4.78, 5) is 14.4. The van der Waals surface area contributed by atoms with Gasteiger partial charge in [0.05, 0.1) is 13.2 Å². The number of morpholine rings is 1. The van der Waals surface area contributed by atoms with Gasteiger partial charge in [-0.15, -0.1) is 0 Å². The number of hydrogen-bond acceptors (Lipinski definition) is 2. The molecule has 0 bridgehead atoms. The zero-order valence-corrected chi connectivity index (χ0v) is 13.7. The fourth-order valence-electron chi connectivity index (χ4n) is 2.65. The van der Waals surface area contributed by atoms with E-state index in [1.165, 1.54) is 0 Å². The van der Waals surface area contributed by atoms with Gasteiger partial charge in [-0.2, -0.15) is 0 Å². The van der Waals surface area contributed by atoms with E-state index in [4.69, 9.17) is 4.74 Å². The largest absolute Gasteiger partial charge is 0.370 e. The number of benzene rings is 1. The Morgan fingerprint density at radius 2 is 2.20 bits per heavy atom. The van der Waals surface area contributed by atoms with E-state index in [9.17, 15) is 4.79 Å². The van der Waals surface area contributed by atoms with Crippen LogP contribution in [0, 0.1) is 5.92 Å². The molecule has 1 unspecified atom stereocenters. The van der Waals surface area contributed by atoms with Crippen molar-refractivity contribution in [3.8, 4) is 0 Å². The third-order valence-electron chi connectivity index (χ3n) is 3.93. The van der Waals surface area contributed by atoms with Crippen molar-refractivity contribution in [1.29, 1.82) is 0 Å². The molecule has 20 heavy (non-hydrogen) atoms. The molecule has 3 nitrogen and oxygen atoms in total. The van der Waals surface area contributed by atoms with Crippen molar-refractivity contribution in [3.05, 3.63) is 34.3 Å². The van der Waals surface area contributed by atoms with Crippen molar-refractivity contribution >= 4 is 21.8 Å². The van der Waals surface area contributed by atoms with E-state index < -0.39 is 0 Å². The third kappa shape index (κ3) is 3.61. The average Bonchev–Trinajstić information content (AvgIpc) is 2.48. The molecule has 4 heteroatoms. The van der Waals surface area contributed by atoms with Crippen LogP contribution in [-0.2, 0) is 9.53 Å². The zero-order valence-electron chi connectivity index (χ0n) is 12.1. The van der Waals surface area contributed by atoms with Crippen LogP contribution in [0.3, 0.4) is 0 Å². The number of halogens is 1. The van der Waals surface area contributed by atoms with Crippen LogP contribution in [0.4, 0.5) is 0 Å². The van der Waals surface area contributed by atoms with E-state index in [1.54, 1.807) is 0 Å². The SMILES string of the molecule is CCC(CC)C(=O)N1CCOC(c2cccc(Br)c2)C1. The van der Waals surface area contributed by atoms with Gasteiger partial charge < -0.3 is 9.64 Å². The predicted octanol–water partition coefficient (Wildman–Crippen LogP) is 3.79. The van der Waals surface area contributed by atoms with E-state index in [2.05, 4.69) is 41.9 Å². The summed E-state index contributed by atoms with van der Waals surface area (Å²) < 4.78 is 6.88. The standard InChI is InChI=1S/C16H22BrNO2/c1-3-12(4-2)16(19)18-8-9-20-15(11-18)13-6-5-7-14(17)10-13/h5-7,10,12,15H,3-4,8-9,11H2,1-2H3. The van der Waals surface area contributed by atoms with Crippen LogP contribution in [-0.4, -0.2) is 30.5 Å². The second-order valence-electron chi connectivity index (χ2n) is 5.21. The lowest BCUT2D eigenvalue weighted by molar-refractivity contribution is -0.143. The van der Waals surface area contributed by atoms with Crippen molar-refractivity contribution in [2.24, 2.45) is 5.92 Å². The molecule has 1 heterocycles. The fraction of sp³-hybridized carbons (Fsp3) is 0.562. The average molecular weight is 340 g/mol. The molecule has 1 aliphatic rings. The molecule has 0 aromatic heterocycles. The number of ether oxygens (including phenoxy) is 1. The van der Waals surface area contributed by atoms with Crippen LogP contribution in [0.2, 0.25) is 0 Å². The van der Waals surface area contributed by atoms with Crippen LogP contribution in [0.25, 0.3) is 0 Å². The highest BCUT2D eigenvalue weighted by Crippen LogP contribution is 2.26. The fourth-order valence-corrected chi connectivity index (χ4v) is 3.07. The molecule has 1 fully saturated rings. The van der Waals surface area contributed by atoms with Gasteiger partial charge in [-0.05, 0) is 30.5 Å². The Morgan fingerprint density at radius 1 is 1.45 bits per heavy atom. The molecule has 1 saturated heterocycles. The van der Waals surface area contributed by atoms with Crippen LogP contribution in [0.15, 0.2) is 28.7 Å². The van der Waals surface area contributed by atoms with Crippen molar-refractivity contribution < 1.29 is 9.53 Å². The molecule has 0 saturated carbocycles. The van der Waals surface area contributed by atoms with Gasteiger partial charge in [0.2, 0.25) is 5.91 Å². The molecule has 0 N–H and O–H groups in total. The Hall–Kier alpha value is -0.870. The summed E-state index contributed by atoms with van der Waals surface area (Å²) in [7, 11) is 0. The Morgan fingerprint density at radius 3 is 2.85 bits per heavy atom. The lowest BCUT2D eigenvalue weighted by Crippen LogP contribution is -2.44. The molecule has 2 rings (SSSR count). The van der Waals surface area contributed by atoms with Crippen molar-refractivity contribution in [2.45, 2.75) is 32.8 Å². The Balaban J connectivity index is 2.07. The second kappa shape index (κ2) is 7.23. The lowest BCUT2D eigenvalue weighted by Gasteiger charge is -2.35. The number of nitrogens with zero attached hydrogens (tertiary/aromatic N) is 1. The van der Waals surface area contributed by atoms with Crippen molar-refractivity contribution in [2.75, 3.05) is 19.7 Å². The van der Waals surface area contributed by atoms with Crippen LogP contribution >= 0.6 is 15.9 Å². The van der Waals surface area contributed by atoms with Crippen LogP contribution in [0.5, 0.6) is 0 Å². The topological polar surface area (TPSA) is 29.5 Å². The molecule has 0 radical (unpaired) electrons. The minimum atomic E-state index is -0.0143. The summed E-state index contributed by atoms with van der Waals surface area (Å²) in [5.41, 5.74) is 1.13. The normalized spacial score (nSPS) is 19.4. The summed E-state index contributed by atoms with van der Waals surface area (Å²) in [5, 5.41) is 0. The maximum Gasteiger partial charge on any atom is 0.225 e. The first kappa shape index (κ1) is 15.5. The zero-order chi connectivity index (χ0) is 14.5. The van der Waals surface area contributed by atoms with Gasteiger partial charge in [-0.25, -0.2) is 0 Å². The first-order valence-corrected chi connectivity index (χ1v) is 8.10. The number of carbonyl (C=O) groups is 1. The number of amides is 1. The number of carbonyl (C=O) groups excluding carboxylic acids is 1. The van der Waals surface area contributed by atoms with Crippen molar-refractivity contribution in [1.82, 2.24) is 4.90 Å². The number of rotatable bonds is 4. The summed E-state index contributed by atoms with van der Waals surface area (Å²) in [6.07, 6.45) is 1.81. The van der Waals surface area contributed by atoms with Crippen molar-refractivity contribution in [3.63, 3.8) is 0 Å². The molecule has 1 aromatic carbocycles. The summed E-state index contributed by atoms with van der Waals surface area (Å²) in [6, 6.07) is 8.13. The molecule has 110 valence electrons. The van der Waals surface area contributed by atoms with Crippen LogP contribution < -0.4 is 0 Å². The Kier molecular flexibility index (Phi) is 5.61. The second-order valence-corrected chi connectivity index (χ2v) is 6.13. The Labute approximate surface area is 129 Å². The van der Waals surface area contributed by atoms with E-state index in [1.807, 2.05) is 17.0 Å². The molecule has 1 atom stereocenters. The summed E-state index contributed by atoms with van der Waals surface area (Å²) >= 11 is 3.48. The first-order chi connectivity index (χ1) is 9.65. The molecule has 1 aliphatic heterocycles. The summed E-state index contributed by atoms with van der Waals surface area (Å²) in [5.74, 6) is 0.426. The molecule has 0 spiro atoms. The van der Waals surface area contributed by atoms with Crippen LogP contribution in [0.1, 0.15) is 38.4 Å². The van der Waals surface area contributed by atoms with Gasteiger partial charge >= 0.3 is 0 Å². The van der Waals surface area contributed by atoms with E-state index >= 15 is 0 Å². The maximum absolute atomic E-state index is 12.5. The molecular formula is C16H22BrNO2.